The number of hydrogen-bond donors (Lipinski definition) is 1. The summed E-state index contributed by atoms with van der Waals surface area (Å²) >= 11 is 0. The number of benzene rings is 1. The molecule has 0 aliphatic heterocycles. The zero-order valence-corrected chi connectivity index (χ0v) is 13.3. The summed E-state index contributed by atoms with van der Waals surface area (Å²) in [5.74, 6) is 0.853. The van der Waals surface area contributed by atoms with E-state index in [2.05, 4.69) is 43.4 Å². The Morgan fingerprint density at radius 1 is 1.05 bits per heavy atom. The number of unbranched alkanes of at least 4 members (excludes halogenated alkanes) is 2. The fourth-order valence-corrected chi connectivity index (χ4v) is 3.05. The minimum atomic E-state index is 0.553. The molecule has 1 aliphatic rings. The SMILES string of the molecule is CCCCCC(NCCC)c1ccc(C2CCC2)cc1. The quantitative estimate of drug-likeness (QED) is 0.579. The summed E-state index contributed by atoms with van der Waals surface area (Å²) < 4.78 is 0. The Bertz CT molecular complexity index is 364. The van der Waals surface area contributed by atoms with Gasteiger partial charge in [0, 0.05) is 6.04 Å². The van der Waals surface area contributed by atoms with Gasteiger partial charge in [0.25, 0.3) is 0 Å². The van der Waals surface area contributed by atoms with Crippen molar-refractivity contribution < 1.29 is 0 Å². The van der Waals surface area contributed by atoms with Crippen LogP contribution >= 0.6 is 0 Å². The average molecular weight is 273 g/mol. The Morgan fingerprint density at radius 2 is 1.80 bits per heavy atom. The first-order valence-corrected chi connectivity index (χ1v) is 8.68. The van der Waals surface area contributed by atoms with Gasteiger partial charge in [0.05, 0.1) is 0 Å². The molecule has 0 amide bonds. The van der Waals surface area contributed by atoms with Crippen LogP contribution in [-0.4, -0.2) is 6.54 Å². The molecular formula is C19H31N. The second kappa shape index (κ2) is 8.46. The number of rotatable bonds is 9. The summed E-state index contributed by atoms with van der Waals surface area (Å²) in [4.78, 5) is 0. The third-order valence-electron chi connectivity index (χ3n) is 4.65. The van der Waals surface area contributed by atoms with E-state index < -0.39 is 0 Å². The predicted molar refractivity (Wildman–Crippen MR) is 88.2 cm³/mol. The van der Waals surface area contributed by atoms with Crippen molar-refractivity contribution in [3.05, 3.63) is 35.4 Å². The molecule has 0 saturated heterocycles. The molecular weight excluding hydrogens is 242 g/mol. The van der Waals surface area contributed by atoms with Gasteiger partial charge in [-0.15, -0.1) is 0 Å². The van der Waals surface area contributed by atoms with Crippen LogP contribution in [0.4, 0.5) is 0 Å². The summed E-state index contributed by atoms with van der Waals surface area (Å²) in [6.45, 7) is 5.65. The molecule has 2 rings (SSSR count). The lowest BCUT2D eigenvalue weighted by Gasteiger charge is -2.26. The van der Waals surface area contributed by atoms with Crippen LogP contribution in [0.5, 0.6) is 0 Å². The predicted octanol–water partition coefficient (Wildman–Crippen LogP) is 5.58. The summed E-state index contributed by atoms with van der Waals surface area (Å²) in [7, 11) is 0. The van der Waals surface area contributed by atoms with Crippen molar-refractivity contribution >= 4 is 0 Å². The molecule has 0 radical (unpaired) electrons. The monoisotopic (exact) mass is 273 g/mol. The van der Waals surface area contributed by atoms with Crippen molar-refractivity contribution in [1.82, 2.24) is 5.32 Å². The lowest BCUT2D eigenvalue weighted by atomic mass is 9.80. The Hall–Kier alpha value is -0.820. The summed E-state index contributed by atoms with van der Waals surface area (Å²) in [5, 5.41) is 3.72. The van der Waals surface area contributed by atoms with Crippen LogP contribution in [0.15, 0.2) is 24.3 Å². The van der Waals surface area contributed by atoms with E-state index >= 15 is 0 Å². The smallest absolute Gasteiger partial charge is 0.0320 e. The van der Waals surface area contributed by atoms with Crippen molar-refractivity contribution in [2.24, 2.45) is 0 Å². The molecule has 1 aromatic rings. The largest absolute Gasteiger partial charge is 0.310 e. The summed E-state index contributed by atoms with van der Waals surface area (Å²) in [5.41, 5.74) is 3.04. The minimum absolute atomic E-state index is 0.553. The van der Waals surface area contributed by atoms with Crippen molar-refractivity contribution in [3.8, 4) is 0 Å². The molecule has 1 nitrogen and oxygen atoms in total. The number of hydrogen-bond acceptors (Lipinski definition) is 1. The van der Waals surface area contributed by atoms with E-state index in [1.54, 1.807) is 5.56 Å². The highest BCUT2D eigenvalue weighted by Crippen LogP contribution is 2.36. The first-order valence-electron chi connectivity index (χ1n) is 8.68. The highest BCUT2D eigenvalue weighted by Gasteiger charge is 2.19. The van der Waals surface area contributed by atoms with Gasteiger partial charge < -0.3 is 5.32 Å². The van der Waals surface area contributed by atoms with Crippen LogP contribution in [0.1, 0.15) is 88.3 Å². The van der Waals surface area contributed by atoms with Crippen LogP contribution < -0.4 is 5.32 Å². The molecule has 1 unspecified atom stereocenters. The minimum Gasteiger partial charge on any atom is -0.310 e. The van der Waals surface area contributed by atoms with Crippen LogP contribution in [0.3, 0.4) is 0 Å². The highest BCUT2D eigenvalue weighted by molar-refractivity contribution is 5.28. The van der Waals surface area contributed by atoms with Gasteiger partial charge in [0.2, 0.25) is 0 Å². The maximum absolute atomic E-state index is 3.72. The molecule has 1 aliphatic carbocycles. The van der Waals surface area contributed by atoms with Crippen LogP contribution in [-0.2, 0) is 0 Å². The van der Waals surface area contributed by atoms with E-state index in [9.17, 15) is 0 Å². The standard InChI is InChI=1S/C19H31N/c1-3-5-6-10-19(20-15-4-2)18-13-11-17(12-14-18)16-8-7-9-16/h11-14,16,19-20H,3-10,15H2,1-2H3. The third kappa shape index (κ3) is 4.34. The topological polar surface area (TPSA) is 12.0 Å². The maximum Gasteiger partial charge on any atom is 0.0320 e. The zero-order valence-electron chi connectivity index (χ0n) is 13.3. The van der Waals surface area contributed by atoms with Gasteiger partial charge in [0.1, 0.15) is 0 Å². The van der Waals surface area contributed by atoms with Gasteiger partial charge in [-0.25, -0.2) is 0 Å². The first-order chi connectivity index (χ1) is 9.85. The summed E-state index contributed by atoms with van der Waals surface area (Å²) in [6, 6.07) is 10.0. The van der Waals surface area contributed by atoms with E-state index in [1.807, 2.05) is 0 Å². The fraction of sp³-hybridized carbons (Fsp3) is 0.684. The van der Waals surface area contributed by atoms with E-state index in [4.69, 9.17) is 0 Å². The van der Waals surface area contributed by atoms with Crippen LogP contribution in [0.2, 0.25) is 0 Å². The normalized spacial score (nSPS) is 16.9. The molecule has 0 heterocycles. The van der Waals surface area contributed by atoms with E-state index in [-0.39, 0.29) is 0 Å². The molecule has 0 aromatic heterocycles. The van der Waals surface area contributed by atoms with Gasteiger partial charge in [0.15, 0.2) is 0 Å². The van der Waals surface area contributed by atoms with Crippen LogP contribution in [0.25, 0.3) is 0 Å². The first kappa shape index (κ1) is 15.6. The molecule has 1 N–H and O–H groups in total. The molecule has 20 heavy (non-hydrogen) atoms. The molecule has 0 bridgehead atoms. The highest BCUT2D eigenvalue weighted by atomic mass is 14.9. The van der Waals surface area contributed by atoms with Gasteiger partial charge >= 0.3 is 0 Å². The number of nitrogens with one attached hydrogen (secondary N) is 1. The maximum atomic E-state index is 3.72. The molecule has 1 saturated carbocycles. The van der Waals surface area contributed by atoms with E-state index in [0.717, 1.165) is 12.5 Å². The molecule has 112 valence electrons. The van der Waals surface area contributed by atoms with Crippen molar-refractivity contribution in [3.63, 3.8) is 0 Å². The molecule has 1 atom stereocenters. The van der Waals surface area contributed by atoms with E-state index in [1.165, 1.54) is 56.9 Å². The molecule has 1 fully saturated rings. The zero-order chi connectivity index (χ0) is 14.2. The van der Waals surface area contributed by atoms with Crippen molar-refractivity contribution in [1.29, 1.82) is 0 Å². The van der Waals surface area contributed by atoms with E-state index in [0.29, 0.717) is 6.04 Å². The van der Waals surface area contributed by atoms with Gasteiger partial charge in [-0.1, -0.05) is 63.8 Å². The molecule has 0 spiro atoms. The fourth-order valence-electron chi connectivity index (χ4n) is 3.05. The Kier molecular flexibility index (Phi) is 6.59. The van der Waals surface area contributed by atoms with Gasteiger partial charge in [-0.2, -0.15) is 0 Å². The van der Waals surface area contributed by atoms with Gasteiger partial charge in [-0.3, -0.25) is 0 Å². The van der Waals surface area contributed by atoms with Gasteiger partial charge in [-0.05, 0) is 49.3 Å². The second-order valence-electron chi connectivity index (χ2n) is 6.30. The lowest BCUT2D eigenvalue weighted by molar-refractivity contribution is 0.419. The Balaban J connectivity index is 1.94. The molecule has 1 aromatic carbocycles. The Morgan fingerprint density at radius 3 is 2.35 bits per heavy atom. The second-order valence-corrected chi connectivity index (χ2v) is 6.30. The van der Waals surface area contributed by atoms with Crippen molar-refractivity contribution in [2.45, 2.75) is 77.2 Å². The average Bonchev–Trinajstić information content (AvgIpc) is 2.42. The third-order valence-corrected chi connectivity index (χ3v) is 4.65. The Labute approximate surface area is 125 Å². The van der Waals surface area contributed by atoms with Crippen LogP contribution in [0, 0.1) is 0 Å². The lowest BCUT2D eigenvalue weighted by Crippen LogP contribution is -2.22. The molecule has 1 heteroatoms. The summed E-state index contributed by atoms with van der Waals surface area (Å²) in [6.07, 6.45) is 10.7. The van der Waals surface area contributed by atoms with Crippen molar-refractivity contribution in [2.75, 3.05) is 6.54 Å².